The third kappa shape index (κ3) is 6.53. The molecule has 0 saturated heterocycles. The second kappa shape index (κ2) is 12.0. The molecular weight excluding hydrogens is 408 g/mol. The lowest BCUT2D eigenvalue weighted by atomic mass is 9.97. The van der Waals surface area contributed by atoms with Crippen molar-refractivity contribution in [3.8, 4) is 0 Å². The number of hydrogen-bond donors (Lipinski definition) is 2. The summed E-state index contributed by atoms with van der Waals surface area (Å²) < 4.78 is 0. The molecule has 1 amide bonds. The summed E-state index contributed by atoms with van der Waals surface area (Å²) in [4.78, 5) is 12.3. The molecule has 1 aliphatic rings. The highest BCUT2D eigenvalue weighted by atomic mass is 16.2. The van der Waals surface area contributed by atoms with Crippen molar-refractivity contribution in [1.29, 1.82) is 0 Å². The van der Waals surface area contributed by atoms with Crippen LogP contribution < -0.4 is 15.9 Å². The van der Waals surface area contributed by atoms with Crippen molar-refractivity contribution in [2.45, 2.75) is 44.6 Å². The van der Waals surface area contributed by atoms with Crippen molar-refractivity contribution in [3.63, 3.8) is 0 Å². The van der Waals surface area contributed by atoms with Gasteiger partial charge in [0.15, 0.2) is 0 Å². The molecule has 2 atom stereocenters. The molecule has 1 fully saturated rings. The summed E-state index contributed by atoms with van der Waals surface area (Å²) in [5, 5.41) is 6.76. The third-order valence-corrected chi connectivity index (χ3v) is 6.17. The van der Waals surface area contributed by atoms with Crippen LogP contribution in [0.4, 0.5) is 11.4 Å². The van der Waals surface area contributed by atoms with Crippen LogP contribution in [0.3, 0.4) is 0 Å². The van der Waals surface area contributed by atoms with Crippen molar-refractivity contribution in [2.24, 2.45) is 11.0 Å². The summed E-state index contributed by atoms with van der Waals surface area (Å²) in [7, 11) is 0. The van der Waals surface area contributed by atoms with E-state index in [0.29, 0.717) is 17.5 Å². The minimum atomic E-state index is -0.0738. The van der Waals surface area contributed by atoms with E-state index in [1.54, 1.807) is 0 Å². The van der Waals surface area contributed by atoms with E-state index < -0.39 is 0 Å². The van der Waals surface area contributed by atoms with E-state index in [0.717, 1.165) is 37.1 Å². The average Bonchev–Trinajstić information content (AvgIpc) is 3.33. The summed E-state index contributed by atoms with van der Waals surface area (Å²) in [6.07, 6.45) is 8.66. The van der Waals surface area contributed by atoms with Crippen LogP contribution in [0.25, 0.3) is 0 Å². The van der Waals surface area contributed by atoms with E-state index in [1.165, 1.54) is 12.8 Å². The number of rotatable bonds is 10. The topological polar surface area (TPSA) is 56.7 Å². The van der Waals surface area contributed by atoms with Gasteiger partial charge >= 0.3 is 0 Å². The van der Waals surface area contributed by atoms with E-state index >= 15 is 0 Å². The van der Waals surface area contributed by atoms with Crippen molar-refractivity contribution < 1.29 is 4.79 Å². The normalized spacial score (nSPS) is 17.8. The molecule has 5 nitrogen and oxygen atoms in total. The maximum absolute atomic E-state index is 12.3. The van der Waals surface area contributed by atoms with Crippen LogP contribution in [-0.2, 0) is 0 Å². The molecule has 0 spiro atoms. The fourth-order valence-corrected chi connectivity index (χ4v) is 4.42. The number of unbranched alkanes of at least 4 members (excludes halogenated alkanes) is 1. The molecule has 0 aliphatic heterocycles. The maximum Gasteiger partial charge on any atom is 0.265 e. The summed E-state index contributed by atoms with van der Waals surface area (Å²) in [6, 6.07) is 30.1. The number of amides is 1. The van der Waals surface area contributed by atoms with Gasteiger partial charge < -0.3 is 0 Å². The minimum Gasteiger partial charge on any atom is -0.287 e. The smallest absolute Gasteiger partial charge is 0.265 e. The minimum absolute atomic E-state index is 0.0738. The average molecular weight is 441 g/mol. The van der Waals surface area contributed by atoms with Gasteiger partial charge in [-0.1, -0.05) is 61.0 Å². The highest BCUT2D eigenvalue weighted by Crippen LogP contribution is 2.30. The number of carbonyl (C=O) groups is 1. The second-order valence-corrected chi connectivity index (χ2v) is 8.47. The summed E-state index contributed by atoms with van der Waals surface area (Å²) >= 11 is 0. The van der Waals surface area contributed by atoms with Gasteiger partial charge in [-0.15, -0.1) is 0 Å². The van der Waals surface area contributed by atoms with Crippen molar-refractivity contribution in [2.75, 3.05) is 5.01 Å². The summed E-state index contributed by atoms with van der Waals surface area (Å²) in [6.45, 7) is 0. The van der Waals surface area contributed by atoms with Crippen LogP contribution in [-0.4, -0.2) is 18.2 Å². The molecule has 0 heterocycles. The van der Waals surface area contributed by atoms with Gasteiger partial charge in [0.05, 0.1) is 11.4 Å². The fourth-order valence-electron chi connectivity index (χ4n) is 4.42. The van der Waals surface area contributed by atoms with E-state index in [-0.39, 0.29) is 5.91 Å². The molecule has 1 saturated carbocycles. The first-order chi connectivity index (χ1) is 16.3. The number of para-hydroxylation sites is 2. The Morgan fingerprint density at radius 2 is 1.48 bits per heavy atom. The van der Waals surface area contributed by atoms with Gasteiger partial charge in [-0.25, -0.2) is 10.4 Å². The summed E-state index contributed by atoms with van der Waals surface area (Å²) in [5.41, 5.74) is 8.97. The van der Waals surface area contributed by atoms with Crippen LogP contribution >= 0.6 is 0 Å². The Morgan fingerprint density at radius 1 is 0.879 bits per heavy atom. The van der Waals surface area contributed by atoms with E-state index in [2.05, 4.69) is 35.1 Å². The number of benzene rings is 3. The standard InChI is InChI=1S/C28H32N4O/c33-28(24-14-4-1-5-15-24)31-30-27-21-12-16-23(27)13-10-11-22-29-32(25-17-6-2-7-18-25)26-19-8-3-9-20-26/h1-9,14-15,17-20,22-23,27,30H,10-13,16,21H2,(H,31,33)/b29-22+. The summed E-state index contributed by atoms with van der Waals surface area (Å²) in [5.74, 6) is 0.504. The van der Waals surface area contributed by atoms with Crippen molar-refractivity contribution in [1.82, 2.24) is 10.9 Å². The molecule has 0 bridgehead atoms. The molecule has 5 heteroatoms. The lowest BCUT2D eigenvalue weighted by molar-refractivity contribution is 0.0919. The number of anilines is 2. The first-order valence-corrected chi connectivity index (χ1v) is 11.8. The Kier molecular flexibility index (Phi) is 8.25. The molecule has 33 heavy (non-hydrogen) atoms. The zero-order chi connectivity index (χ0) is 22.7. The van der Waals surface area contributed by atoms with E-state index in [9.17, 15) is 4.79 Å². The Hall–Kier alpha value is -3.44. The molecule has 2 unspecified atom stereocenters. The maximum atomic E-state index is 12.3. The first-order valence-electron chi connectivity index (χ1n) is 11.8. The molecule has 0 radical (unpaired) electrons. The Balaban J connectivity index is 1.26. The van der Waals surface area contributed by atoms with Crippen LogP contribution in [0.1, 0.15) is 48.9 Å². The van der Waals surface area contributed by atoms with Crippen molar-refractivity contribution in [3.05, 3.63) is 96.6 Å². The van der Waals surface area contributed by atoms with Gasteiger partial charge in [-0.2, -0.15) is 5.10 Å². The molecular formula is C28H32N4O. The highest BCUT2D eigenvalue weighted by molar-refractivity contribution is 5.93. The number of hydrazine groups is 1. The zero-order valence-electron chi connectivity index (χ0n) is 18.9. The fraction of sp³-hybridized carbons (Fsp3) is 0.286. The quantitative estimate of drug-likeness (QED) is 0.228. The Bertz CT molecular complexity index is 968. The van der Waals surface area contributed by atoms with Gasteiger partial charge in [0.2, 0.25) is 0 Å². The number of nitrogens with one attached hydrogen (secondary N) is 2. The molecule has 3 aromatic carbocycles. The lowest BCUT2D eigenvalue weighted by Crippen LogP contribution is -2.45. The first kappa shape index (κ1) is 22.7. The molecule has 170 valence electrons. The van der Waals surface area contributed by atoms with Gasteiger partial charge in [-0.05, 0) is 74.4 Å². The van der Waals surface area contributed by atoms with Gasteiger partial charge in [0.25, 0.3) is 5.91 Å². The molecule has 0 aromatic heterocycles. The van der Waals surface area contributed by atoms with Crippen LogP contribution in [0, 0.1) is 5.92 Å². The van der Waals surface area contributed by atoms with Gasteiger partial charge in [-0.3, -0.25) is 10.2 Å². The van der Waals surface area contributed by atoms with Crippen LogP contribution in [0.2, 0.25) is 0 Å². The molecule has 2 N–H and O–H groups in total. The highest BCUT2D eigenvalue weighted by Gasteiger charge is 2.26. The van der Waals surface area contributed by atoms with Gasteiger partial charge in [0.1, 0.15) is 0 Å². The number of hydrogen-bond acceptors (Lipinski definition) is 4. The SMILES string of the molecule is O=C(NNC1CCCC1CCC/C=N/N(c1ccccc1)c1ccccc1)c1ccccc1. The monoisotopic (exact) mass is 440 g/mol. The van der Waals surface area contributed by atoms with E-state index in [4.69, 9.17) is 5.10 Å². The van der Waals surface area contributed by atoms with Crippen LogP contribution in [0.5, 0.6) is 0 Å². The molecule has 3 aromatic rings. The van der Waals surface area contributed by atoms with E-state index in [1.807, 2.05) is 78.0 Å². The largest absolute Gasteiger partial charge is 0.287 e. The Morgan fingerprint density at radius 3 is 2.12 bits per heavy atom. The zero-order valence-corrected chi connectivity index (χ0v) is 18.9. The molecule has 1 aliphatic carbocycles. The number of hydrazone groups is 1. The van der Waals surface area contributed by atoms with Crippen LogP contribution in [0.15, 0.2) is 96.1 Å². The predicted molar refractivity (Wildman–Crippen MR) is 136 cm³/mol. The van der Waals surface area contributed by atoms with Gasteiger partial charge in [0, 0.05) is 17.8 Å². The predicted octanol–water partition coefficient (Wildman–Crippen LogP) is 6.08. The Labute approximate surface area is 196 Å². The number of nitrogens with zero attached hydrogens (tertiary/aromatic N) is 2. The third-order valence-electron chi connectivity index (χ3n) is 6.17. The van der Waals surface area contributed by atoms with Crippen molar-refractivity contribution >= 4 is 23.5 Å². The lowest BCUT2D eigenvalue weighted by Gasteiger charge is -2.21. The second-order valence-electron chi connectivity index (χ2n) is 8.47. The number of carbonyl (C=O) groups excluding carboxylic acids is 1. The molecule has 4 rings (SSSR count).